The average Bonchev–Trinajstić information content (AvgIpc) is 3.12. The number of nitrogens with zero attached hydrogens (tertiary/aromatic N) is 1. The Kier molecular flexibility index (Phi) is 5.05. The van der Waals surface area contributed by atoms with Gasteiger partial charge >= 0.3 is 0 Å². The molecule has 134 valence electrons. The zero-order valence-corrected chi connectivity index (χ0v) is 15.8. The van der Waals surface area contributed by atoms with Crippen LogP contribution in [0.1, 0.15) is 0 Å². The second-order valence-electron chi connectivity index (χ2n) is 5.83. The van der Waals surface area contributed by atoms with Crippen molar-refractivity contribution in [3.8, 4) is 16.3 Å². The number of fused-ring (bicyclic) bond motifs is 1. The lowest BCUT2D eigenvalue weighted by Gasteiger charge is -2.09. The molecular formula is C21H15ClN2O2S. The maximum absolute atomic E-state index is 12.2. The summed E-state index contributed by atoms with van der Waals surface area (Å²) < 4.78 is 6.61. The molecule has 0 aliphatic rings. The highest BCUT2D eigenvalue weighted by Crippen LogP contribution is 2.31. The van der Waals surface area contributed by atoms with Crippen molar-refractivity contribution in [3.05, 3.63) is 77.8 Å². The number of thiazole rings is 1. The first-order valence-electron chi connectivity index (χ1n) is 8.32. The number of amides is 1. The van der Waals surface area contributed by atoms with Gasteiger partial charge in [-0.1, -0.05) is 48.0 Å². The molecule has 1 amide bonds. The van der Waals surface area contributed by atoms with Crippen LogP contribution in [0.3, 0.4) is 0 Å². The minimum Gasteiger partial charge on any atom is -0.482 e. The molecule has 0 spiro atoms. The number of para-hydroxylation sites is 2. The summed E-state index contributed by atoms with van der Waals surface area (Å²) in [5, 5.41) is 4.24. The summed E-state index contributed by atoms with van der Waals surface area (Å²) in [6.07, 6.45) is 0. The molecule has 1 aromatic heterocycles. The summed E-state index contributed by atoms with van der Waals surface area (Å²) in [4.78, 5) is 16.8. The predicted molar refractivity (Wildman–Crippen MR) is 111 cm³/mol. The third-order valence-electron chi connectivity index (χ3n) is 3.88. The van der Waals surface area contributed by atoms with E-state index in [0.29, 0.717) is 16.5 Å². The fourth-order valence-corrected chi connectivity index (χ4v) is 3.78. The molecule has 0 radical (unpaired) electrons. The Hall–Kier alpha value is -2.89. The monoisotopic (exact) mass is 394 g/mol. The highest BCUT2D eigenvalue weighted by Gasteiger charge is 2.09. The van der Waals surface area contributed by atoms with Crippen LogP contribution in [-0.4, -0.2) is 17.5 Å². The summed E-state index contributed by atoms with van der Waals surface area (Å²) in [6, 6.07) is 22.7. The predicted octanol–water partition coefficient (Wildman–Crippen LogP) is 5.63. The van der Waals surface area contributed by atoms with Crippen LogP contribution in [0.4, 0.5) is 5.69 Å². The average molecular weight is 395 g/mol. The molecular weight excluding hydrogens is 380 g/mol. The van der Waals surface area contributed by atoms with E-state index in [-0.39, 0.29) is 12.5 Å². The van der Waals surface area contributed by atoms with Crippen molar-refractivity contribution < 1.29 is 9.53 Å². The largest absolute Gasteiger partial charge is 0.482 e. The zero-order valence-electron chi connectivity index (χ0n) is 14.2. The number of rotatable bonds is 5. The first-order valence-corrected chi connectivity index (χ1v) is 9.52. The lowest BCUT2D eigenvalue weighted by atomic mass is 10.2. The van der Waals surface area contributed by atoms with Crippen LogP contribution in [0.2, 0.25) is 5.02 Å². The summed E-state index contributed by atoms with van der Waals surface area (Å²) in [5.41, 5.74) is 2.63. The van der Waals surface area contributed by atoms with Crippen molar-refractivity contribution in [2.24, 2.45) is 0 Å². The number of carbonyl (C=O) groups is 1. The molecule has 0 saturated carbocycles. The van der Waals surface area contributed by atoms with Crippen molar-refractivity contribution in [2.75, 3.05) is 11.9 Å². The van der Waals surface area contributed by atoms with Gasteiger partial charge in [0.15, 0.2) is 6.61 Å². The molecule has 0 aliphatic carbocycles. The van der Waals surface area contributed by atoms with E-state index in [4.69, 9.17) is 16.3 Å². The van der Waals surface area contributed by atoms with Gasteiger partial charge in [-0.15, -0.1) is 11.3 Å². The topological polar surface area (TPSA) is 51.2 Å². The maximum Gasteiger partial charge on any atom is 0.262 e. The van der Waals surface area contributed by atoms with Gasteiger partial charge in [-0.3, -0.25) is 4.79 Å². The molecule has 0 bridgehead atoms. The van der Waals surface area contributed by atoms with Crippen LogP contribution in [0.5, 0.6) is 5.75 Å². The third-order valence-corrected chi connectivity index (χ3v) is 5.28. The number of aromatic nitrogens is 1. The fraction of sp³-hybridized carbons (Fsp3) is 0.0476. The molecule has 0 atom stereocenters. The number of ether oxygens (including phenoxy) is 1. The van der Waals surface area contributed by atoms with Crippen LogP contribution >= 0.6 is 22.9 Å². The van der Waals surface area contributed by atoms with E-state index in [2.05, 4.69) is 10.3 Å². The van der Waals surface area contributed by atoms with Gasteiger partial charge in [0.2, 0.25) is 0 Å². The number of nitrogens with one attached hydrogen (secondary N) is 1. The SMILES string of the molecule is O=C(COc1ccccc1Cl)Nc1cccc(-c2nc3ccccc3s2)c1. The van der Waals surface area contributed by atoms with Gasteiger partial charge in [-0.25, -0.2) is 4.98 Å². The number of hydrogen-bond acceptors (Lipinski definition) is 4. The molecule has 27 heavy (non-hydrogen) atoms. The number of carbonyl (C=O) groups excluding carboxylic acids is 1. The van der Waals surface area contributed by atoms with Gasteiger partial charge in [0.05, 0.1) is 15.2 Å². The lowest BCUT2D eigenvalue weighted by molar-refractivity contribution is -0.118. The number of benzene rings is 3. The van der Waals surface area contributed by atoms with E-state index in [0.717, 1.165) is 20.8 Å². The summed E-state index contributed by atoms with van der Waals surface area (Å²) >= 11 is 7.65. The Balaban J connectivity index is 1.46. The van der Waals surface area contributed by atoms with E-state index in [9.17, 15) is 4.79 Å². The molecule has 0 fully saturated rings. The van der Waals surface area contributed by atoms with E-state index in [1.807, 2.05) is 54.6 Å². The van der Waals surface area contributed by atoms with Gasteiger partial charge < -0.3 is 10.1 Å². The smallest absolute Gasteiger partial charge is 0.262 e. The maximum atomic E-state index is 12.2. The summed E-state index contributed by atoms with van der Waals surface area (Å²) in [5.74, 6) is 0.230. The molecule has 4 aromatic rings. The highest BCUT2D eigenvalue weighted by atomic mass is 35.5. The van der Waals surface area contributed by atoms with E-state index in [1.165, 1.54) is 0 Å². The van der Waals surface area contributed by atoms with Crippen molar-refractivity contribution in [1.29, 1.82) is 0 Å². The first-order chi connectivity index (χ1) is 13.2. The van der Waals surface area contributed by atoms with Crippen LogP contribution < -0.4 is 10.1 Å². The van der Waals surface area contributed by atoms with Gasteiger partial charge in [0.1, 0.15) is 10.8 Å². The van der Waals surface area contributed by atoms with Crippen molar-refractivity contribution in [2.45, 2.75) is 0 Å². The van der Waals surface area contributed by atoms with Gasteiger partial charge in [0.25, 0.3) is 5.91 Å². The van der Waals surface area contributed by atoms with Crippen LogP contribution in [0.15, 0.2) is 72.8 Å². The second-order valence-corrected chi connectivity index (χ2v) is 7.27. The van der Waals surface area contributed by atoms with Crippen molar-refractivity contribution in [3.63, 3.8) is 0 Å². The number of hydrogen-bond donors (Lipinski definition) is 1. The van der Waals surface area contributed by atoms with Crippen LogP contribution in [-0.2, 0) is 4.79 Å². The molecule has 4 rings (SSSR count). The first kappa shape index (κ1) is 17.5. The summed E-state index contributed by atoms with van der Waals surface area (Å²) in [6.45, 7) is -0.116. The molecule has 0 saturated heterocycles. The Morgan fingerprint density at radius 2 is 1.85 bits per heavy atom. The van der Waals surface area contributed by atoms with Crippen molar-refractivity contribution >= 4 is 44.7 Å². The minimum atomic E-state index is -0.253. The number of anilines is 1. The normalized spacial score (nSPS) is 10.7. The van der Waals surface area contributed by atoms with Crippen LogP contribution in [0.25, 0.3) is 20.8 Å². The number of halogens is 1. The standard InChI is InChI=1S/C21H15ClN2O2S/c22-16-8-1-3-10-18(16)26-13-20(25)23-15-7-5-6-14(12-15)21-24-17-9-2-4-11-19(17)27-21/h1-12H,13H2,(H,23,25). The van der Waals surface area contributed by atoms with E-state index >= 15 is 0 Å². The summed E-state index contributed by atoms with van der Waals surface area (Å²) in [7, 11) is 0. The van der Waals surface area contributed by atoms with Gasteiger partial charge in [-0.05, 0) is 36.4 Å². The molecule has 0 aliphatic heterocycles. The Bertz CT molecular complexity index is 1080. The molecule has 1 heterocycles. The Morgan fingerprint density at radius 3 is 2.70 bits per heavy atom. The minimum absolute atomic E-state index is 0.116. The lowest BCUT2D eigenvalue weighted by Crippen LogP contribution is -2.20. The zero-order chi connectivity index (χ0) is 18.6. The Morgan fingerprint density at radius 1 is 1.04 bits per heavy atom. The molecule has 6 heteroatoms. The third kappa shape index (κ3) is 4.10. The van der Waals surface area contributed by atoms with Crippen molar-refractivity contribution in [1.82, 2.24) is 4.98 Å². The van der Waals surface area contributed by atoms with Crippen LogP contribution in [0, 0.1) is 0 Å². The second kappa shape index (κ2) is 7.78. The fourth-order valence-electron chi connectivity index (χ4n) is 2.63. The van der Waals surface area contributed by atoms with Gasteiger partial charge in [0, 0.05) is 11.3 Å². The quantitative estimate of drug-likeness (QED) is 0.477. The van der Waals surface area contributed by atoms with E-state index in [1.54, 1.807) is 29.5 Å². The molecule has 4 nitrogen and oxygen atoms in total. The van der Waals surface area contributed by atoms with Gasteiger partial charge in [-0.2, -0.15) is 0 Å². The molecule has 0 unspecified atom stereocenters. The molecule has 3 aromatic carbocycles. The van der Waals surface area contributed by atoms with E-state index < -0.39 is 0 Å². The molecule has 1 N–H and O–H groups in total. The Labute approximate surface area is 165 Å². The highest BCUT2D eigenvalue weighted by molar-refractivity contribution is 7.21.